The maximum atomic E-state index is 5.63. The van der Waals surface area contributed by atoms with Gasteiger partial charge >= 0.3 is 0 Å². The normalized spacial score (nSPS) is 10.8. The van der Waals surface area contributed by atoms with Crippen LogP contribution in [0, 0.1) is 0 Å². The highest BCUT2D eigenvalue weighted by Gasteiger charge is 2.02. The summed E-state index contributed by atoms with van der Waals surface area (Å²) in [5, 5.41) is 1.98. The van der Waals surface area contributed by atoms with Crippen molar-refractivity contribution >= 4 is 27.7 Å². The molecule has 0 aliphatic rings. The Morgan fingerprint density at radius 3 is 2.90 bits per heavy atom. The molecule has 2 aromatic heterocycles. The molecule has 52 valence electrons. The minimum atomic E-state index is 0.635. The van der Waals surface area contributed by atoms with Gasteiger partial charge in [0.15, 0.2) is 0 Å². The molecule has 0 atom stereocenters. The monoisotopic (exact) mass is 153 g/mol. The number of thiazole rings is 1. The standard InChI is InChI=1S/C6H7N3S/c7-4-3-5-9(6(4)8)1-2-10-5/h1-3H,7-8H2. The van der Waals surface area contributed by atoms with Crippen LogP contribution >= 0.6 is 11.3 Å². The maximum Gasteiger partial charge on any atom is 0.132 e. The van der Waals surface area contributed by atoms with Crippen LogP contribution in [0.1, 0.15) is 0 Å². The third kappa shape index (κ3) is 0.537. The quantitative estimate of drug-likeness (QED) is 0.596. The molecule has 0 spiro atoms. The maximum absolute atomic E-state index is 5.63. The van der Waals surface area contributed by atoms with E-state index in [0.717, 1.165) is 4.83 Å². The minimum absolute atomic E-state index is 0.635. The second-order valence-electron chi connectivity index (χ2n) is 2.10. The number of nitrogen functional groups attached to an aromatic ring is 2. The number of anilines is 2. The van der Waals surface area contributed by atoms with E-state index in [0.29, 0.717) is 11.5 Å². The van der Waals surface area contributed by atoms with Crippen molar-refractivity contribution in [3.05, 3.63) is 17.6 Å². The molecule has 0 radical (unpaired) electrons. The van der Waals surface area contributed by atoms with Gasteiger partial charge in [-0.25, -0.2) is 0 Å². The number of nitrogens with zero attached hydrogens (tertiary/aromatic N) is 1. The molecule has 4 N–H and O–H groups in total. The second kappa shape index (κ2) is 1.67. The zero-order chi connectivity index (χ0) is 7.14. The Balaban J connectivity index is 2.95. The lowest BCUT2D eigenvalue weighted by Gasteiger charge is -1.89. The third-order valence-corrected chi connectivity index (χ3v) is 2.28. The first-order valence-electron chi connectivity index (χ1n) is 2.88. The van der Waals surface area contributed by atoms with Gasteiger partial charge in [-0.3, -0.25) is 4.40 Å². The first-order chi connectivity index (χ1) is 4.79. The van der Waals surface area contributed by atoms with Gasteiger partial charge in [-0.05, 0) is 6.07 Å². The van der Waals surface area contributed by atoms with Crippen molar-refractivity contribution in [2.45, 2.75) is 0 Å². The van der Waals surface area contributed by atoms with Crippen LogP contribution in [0.25, 0.3) is 4.83 Å². The van der Waals surface area contributed by atoms with E-state index in [-0.39, 0.29) is 0 Å². The fraction of sp³-hybridized carbons (Fsp3) is 0. The lowest BCUT2D eigenvalue weighted by molar-refractivity contribution is 1.25. The summed E-state index contributed by atoms with van der Waals surface area (Å²) in [6.07, 6.45) is 1.91. The summed E-state index contributed by atoms with van der Waals surface area (Å²) in [6, 6.07) is 1.88. The highest BCUT2D eigenvalue weighted by molar-refractivity contribution is 7.15. The molecule has 2 aromatic rings. The molecular formula is C6H7N3S. The van der Waals surface area contributed by atoms with Crippen LogP contribution in [-0.4, -0.2) is 4.40 Å². The first kappa shape index (κ1) is 5.61. The third-order valence-electron chi connectivity index (χ3n) is 1.47. The van der Waals surface area contributed by atoms with E-state index >= 15 is 0 Å². The fourth-order valence-corrected chi connectivity index (χ4v) is 1.73. The van der Waals surface area contributed by atoms with Gasteiger partial charge in [0.2, 0.25) is 0 Å². The Bertz CT molecular complexity index is 360. The molecule has 10 heavy (non-hydrogen) atoms. The molecular weight excluding hydrogens is 146 g/mol. The van der Waals surface area contributed by atoms with E-state index in [1.807, 2.05) is 22.0 Å². The largest absolute Gasteiger partial charge is 0.396 e. The highest BCUT2D eigenvalue weighted by Crippen LogP contribution is 2.24. The van der Waals surface area contributed by atoms with Crippen molar-refractivity contribution in [1.82, 2.24) is 4.40 Å². The van der Waals surface area contributed by atoms with E-state index in [1.165, 1.54) is 0 Å². The Morgan fingerprint density at radius 2 is 2.20 bits per heavy atom. The second-order valence-corrected chi connectivity index (χ2v) is 3.02. The molecule has 0 amide bonds. The van der Waals surface area contributed by atoms with Gasteiger partial charge in [-0.1, -0.05) is 0 Å². The van der Waals surface area contributed by atoms with Crippen molar-refractivity contribution in [1.29, 1.82) is 0 Å². The van der Waals surface area contributed by atoms with E-state index in [9.17, 15) is 0 Å². The van der Waals surface area contributed by atoms with Crippen molar-refractivity contribution < 1.29 is 0 Å². The van der Waals surface area contributed by atoms with Gasteiger partial charge in [0.25, 0.3) is 0 Å². The Hall–Kier alpha value is -1.16. The molecule has 0 fully saturated rings. The molecule has 0 saturated heterocycles. The van der Waals surface area contributed by atoms with Crippen LogP contribution in [0.3, 0.4) is 0 Å². The van der Waals surface area contributed by atoms with Crippen LogP contribution < -0.4 is 11.5 Å². The number of fused-ring (bicyclic) bond motifs is 1. The predicted octanol–water partition coefficient (Wildman–Crippen LogP) is 1.17. The molecule has 2 rings (SSSR count). The zero-order valence-corrected chi connectivity index (χ0v) is 6.06. The van der Waals surface area contributed by atoms with Crippen LogP contribution in [-0.2, 0) is 0 Å². The van der Waals surface area contributed by atoms with Crippen LogP contribution in [0.15, 0.2) is 17.6 Å². The van der Waals surface area contributed by atoms with E-state index in [4.69, 9.17) is 11.5 Å². The number of aromatic nitrogens is 1. The molecule has 0 bridgehead atoms. The van der Waals surface area contributed by atoms with E-state index in [2.05, 4.69) is 0 Å². The topological polar surface area (TPSA) is 56.5 Å². The molecule has 3 nitrogen and oxygen atoms in total. The highest BCUT2D eigenvalue weighted by atomic mass is 32.1. The van der Waals surface area contributed by atoms with Gasteiger partial charge < -0.3 is 11.5 Å². The summed E-state index contributed by atoms with van der Waals surface area (Å²) in [7, 11) is 0. The fourth-order valence-electron chi connectivity index (χ4n) is 0.940. The summed E-state index contributed by atoms with van der Waals surface area (Å²) in [5.41, 5.74) is 11.8. The lowest BCUT2D eigenvalue weighted by atomic mass is 10.5. The van der Waals surface area contributed by atoms with Crippen LogP contribution in [0.2, 0.25) is 0 Å². The Kier molecular flexibility index (Phi) is 0.935. The first-order valence-corrected chi connectivity index (χ1v) is 3.76. The Morgan fingerprint density at radius 1 is 1.40 bits per heavy atom. The average Bonchev–Trinajstić information content (AvgIpc) is 2.41. The Labute approximate surface area is 61.9 Å². The van der Waals surface area contributed by atoms with Crippen molar-refractivity contribution in [2.24, 2.45) is 0 Å². The average molecular weight is 153 g/mol. The van der Waals surface area contributed by atoms with Gasteiger partial charge in [0.1, 0.15) is 10.6 Å². The van der Waals surface area contributed by atoms with Gasteiger partial charge in [0.05, 0.1) is 5.69 Å². The molecule has 2 heterocycles. The summed E-state index contributed by atoms with van der Waals surface area (Å²) < 4.78 is 1.88. The number of hydrogen-bond acceptors (Lipinski definition) is 3. The molecule has 0 aliphatic heterocycles. The summed E-state index contributed by atoms with van der Waals surface area (Å²) in [6.45, 7) is 0. The van der Waals surface area contributed by atoms with E-state index < -0.39 is 0 Å². The smallest absolute Gasteiger partial charge is 0.132 e. The van der Waals surface area contributed by atoms with E-state index in [1.54, 1.807) is 11.3 Å². The van der Waals surface area contributed by atoms with Gasteiger partial charge in [-0.15, -0.1) is 11.3 Å². The van der Waals surface area contributed by atoms with Crippen molar-refractivity contribution in [3.8, 4) is 0 Å². The molecule has 0 saturated carbocycles. The molecule has 0 unspecified atom stereocenters. The summed E-state index contributed by atoms with van der Waals surface area (Å²) in [4.78, 5) is 1.09. The number of rotatable bonds is 0. The summed E-state index contributed by atoms with van der Waals surface area (Å²) >= 11 is 1.63. The predicted molar refractivity (Wildman–Crippen MR) is 44.1 cm³/mol. The van der Waals surface area contributed by atoms with Crippen molar-refractivity contribution in [2.75, 3.05) is 11.5 Å². The molecule has 4 heteroatoms. The van der Waals surface area contributed by atoms with Gasteiger partial charge in [0, 0.05) is 11.6 Å². The lowest BCUT2D eigenvalue weighted by Crippen LogP contribution is -1.93. The molecule has 0 aliphatic carbocycles. The summed E-state index contributed by atoms with van der Waals surface area (Å²) in [5.74, 6) is 0.635. The zero-order valence-electron chi connectivity index (χ0n) is 5.24. The van der Waals surface area contributed by atoms with Crippen LogP contribution in [0.5, 0.6) is 0 Å². The van der Waals surface area contributed by atoms with Crippen molar-refractivity contribution in [3.63, 3.8) is 0 Å². The number of nitrogens with two attached hydrogens (primary N) is 2. The minimum Gasteiger partial charge on any atom is -0.396 e. The molecule has 0 aromatic carbocycles. The SMILES string of the molecule is Nc1cc2sccn2c1N. The van der Waals surface area contributed by atoms with Crippen LogP contribution in [0.4, 0.5) is 11.5 Å². The van der Waals surface area contributed by atoms with Gasteiger partial charge in [-0.2, -0.15) is 0 Å². The number of hydrogen-bond donors (Lipinski definition) is 2.